The molecule has 0 amide bonds. The number of para-hydroxylation sites is 1. The molecule has 0 fully saturated rings. The second kappa shape index (κ2) is 3.56. The molecule has 3 heteroatoms. The van der Waals surface area contributed by atoms with Crippen LogP contribution < -0.4 is 10.1 Å². The quantitative estimate of drug-likeness (QED) is 0.747. The third kappa shape index (κ3) is 1.52. The lowest BCUT2D eigenvalue weighted by Crippen LogP contribution is -2.24. The van der Waals surface area contributed by atoms with Gasteiger partial charge in [0.1, 0.15) is 5.75 Å². The van der Waals surface area contributed by atoms with Gasteiger partial charge in [0, 0.05) is 18.0 Å². The molecule has 1 atom stereocenters. The molecule has 1 aliphatic rings. The summed E-state index contributed by atoms with van der Waals surface area (Å²) in [5, 5.41) is 3.95. The lowest BCUT2D eigenvalue weighted by molar-refractivity contribution is 0.257. The van der Waals surface area contributed by atoms with Crippen molar-refractivity contribution >= 4 is 11.6 Å². The second-order valence-electron chi connectivity index (χ2n) is 3.14. The Morgan fingerprint density at radius 2 is 2.38 bits per heavy atom. The number of hydrogen-bond acceptors (Lipinski definition) is 2. The summed E-state index contributed by atoms with van der Waals surface area (Å²) in [7, 11) is 1.96. The summed E-state index contributed by atoms with van der Waals surface area (Å²) in [6.07, 6.45) is 1.00. The number of hydrogen-bond donors (Lipinski definition) is 1. The number of halogens is 1. The van der Waals surface area contributed by atoms with Gasteiger partial charge in [-0.25, -0.2) is 0 Å². The van der Waals surface area contributed by atoms with Crippen LogP contribution in [0, 0.1) is 0 Å². The van der Waals surface area contributed by atoms with E-state index in [-0.39, 0.29) is 0 Å². The highest BCUT2D eigenvalue weighted by atomic mass is 35.5. The molecule has 1 unspecified atom stereocenters. The molecule has 1 aromatic carbocycles. The molecule has 0 aromatic heterocycles. The van der Waals surface area contributed by atoms with Crippen LogP contribution in [-0.4, -0.2) is 13.7 Å². The van der Waals surface area contributed by atoms with Gasteiger partial charge in [-0.05, 0) is 13.1 Å². The smallest absolute Gasteiger partial charge is 0.142 e. The second-order valence-corrected chi connectivity index (χ2v) is 3.54. The Bertz CT molecular complexity index is 314. The van der Waals surface area contributed by atoms with Crippen molar-refractivity contribution in [2.75, 3.05) is 13.7 Å². The number of nitrogens with one attached hydrogen (secondary N) is 1. The van der Waals surface area contributed by atoms with Crippen molar-refractivity contribution in [2.24, 2.45) is 0 Å². The van der Waals surface area contributed by atoms with E-state index in [1.54, 1.807) is 0 Å². The molecule has 1 heterocycles. The van der Waals surface area contributed by atoms with Gasteiger partial charge >= 0.3 is 0 Å². The van der Waals surface area contributed by atoms with Crippen molar-refractivity contribution in [1.82, 2.24) is 5.32 Å². The highest BCUT2D eigenvalue weighted by molar-refractivity contribution is 6.32. The molecule has 70 valence electrons. The van der Waals surface area contributed by atoms with Crippen molar-refractivity contribution < 1.29 is 4.74 Å². The van der Waals surface area contributed by atoms with Gasteiger partial charge in [-0.1, -0.05) is 23.7 Å². The van der Waals surface area contributed by atoms with Crippen LogP contribution in [0.15, 0.2) is 18.2 Å². The summed E-state index contributed by atoms with van der Waals surface area (Å²) in [5.41, 5.74) is 1.17. The Morgan fingerprint density at radius 3 is 3.15 bits per heavy atom. The van der Waals surface area contributed by atoms with Crippen molar-refractivity contribution in [3.8, 4) is 5.75 Å². The van der Waals surface area contributed by atoms with Crippen molar-refractivity contribution in [3.05, 3.63) is 28.8 Å². The molecule has 0 saturated heterocycles. The maximum atomic E-state index is 6.01. The van der Waals surface area contributed by atoms with E-state index >= 15 is 0 Å². The van der Waals surface area contributed by atoms with Crippen LogP contribution in [-0.2, 0) is 0 Å². The number of fused-ring (bicyclic) bond motifs is 1. The largest absolute Gasteiger partial charge is 0.492 e. The molecule has 2 nitrogen and oxygen atoms in total. The Kier molecular flexibility index (Phi) is 2.42. The number of benzene rings is 1. The lowest BCUT2D eigenvalue weighted by atomic mass is 10.0. The fourth-order valence-corrected chi connectivity index (χ4v) is 1.92. The molecular weight excluding hydrogens is 186 g/mol. The molecular formula is C10H12ClNO. The zero-order valence-electron chi connectivity index (χ0n) is 7.51. The van der Waals surface area contributed by atoms with E-state index in [1.165, 1.54) is 5.56 Å². The molecule has 0 radical (unpaired) electrons. The minimum atomic E-state index is 0.377. The van der Waals surface area contributed by atoms with Gasteiger partial charge in [0.2, 0.25) is 0 Å². The van der Waals surface area contributed by atoms with E-state index in [1.807, 2.05) is 19.2 Å². The van der Waals surface area contributed by atoms with Gasteiger partial charge < -0.3 is 10.1 Å². The summed E-state index contributed by atoms with van der Waals surface area (Å²) in [6, 6.07) is 6.25. The van der Waals surface area contributed by atoms with E-state index < -0.39 is 0 Å². The van der Waals surface area contributed by atoms with E-state index in [0.29, 0.717) is 11.1 Å². The monoisotopic (exact) mass is 197 g/mol. The summed E-state index contributed by atoms with van der Waals surface area (Å²) >= 11 is 6.01. The van der Waals surface area contributed by atoms with Gasteiger partial charge in [0.15, 0.2) is 0 Å². The lowest BCUT2D eigenvalue weighted by Gasteiger charge is -2.26. The van der Waals surface area contributed by atoms with Gasteiger partial charge in [0.25, 0.3) is 0 Å². The first-order chi connectivity index (χ1) is 6.33. The van der Waals surface area contributed by atoms with Crippen LogP contribution in [0.4, 0.5) is 0 Å². The fraction of sp³-hybridized carbons (Fsp3) is 0.400. The molecule has 1 aliphatic heterocycles. The minimum absolute atomic E-state index is 0.377. The van der Waals surface area contributed by atoms with Crippen molar-refractivity contribution in [1.29, 1.82) is 0 Å². The number of rotatable bonds is 1. The summed E-state index contributed by atoms with van der Waals surface area (Å²) < 4.78 is 5.51. The average molecular weight is 198 g/mol. The standard InChI is InChI=1S/C10H12ClNO/c1-12-9-5-6-13-10-7(9)3-2-4-8(10)11/h2-4,9,12H,5-6H2,1H3. The summed E-state index contributed by atoms with van der Waals surface area (Å²) in [5.74, 6) is 0.842. The predicted molar refractivity (Wildman–Crippen MR) is 53.4 cm³/mol. The fourth-order valence-electron chi connectivity index (χ4n) is 1.69. The molecule has 0 aliphatic carbocycles. The van der Waals surface area contributed by atoms with Crippen LogP contribution in [0.5, 0.6) is 5.75 Å². The molecule has 1 N–H and O–H groups in total. The Balaban J connectivity index is 2.45. The Hall–Kier alpha value is -0.730. The summed E-state index contributed by atoms with van der Waals surface area (Å²) in [4.78, 5) is 0. The zero-order chi connectivity index (χ0) is 9.26. The summed E-state index contributed by atoms with van der Waals surface area (Å²) in [6.45, 7) is 0.738. The highest BCUT2D eigenvalue weighted by Crippen LogP contribution is 2.36. The minimum Gasteiger partial charge on any atom is -0.492 e. The molecule has 0 spiro atoms. The highest BCUT2D eigenvalue weighted by Gasteiger charge is 2.21. The maximum absolute atomic E-state index is 6.01. The molecule has 1 aromatic rings. The van der Waals surface area contributed by atoms with Gasteiger partial charge in [-0.15, -0.1) is 0 Å². The normalized spacial score (nSPS) is 20.6. The Morgan fingerprint density at radius 1 is 1.54 bits per heavy atom. The number of ether oxygens (including phenoxy) is 1. The van der Waals surface area contributed by atoms with Crippen LogP contribution in [0.3, 0.4) is 0 Å². The first kappa shape index (κ1) is 8.85. The van der Waals surface area contributed by atoms with Crippen LogP contribution in [0.2, 0.25) is 5.02 Å². The Labute approximate surface area is 82.9 Å². The third-order valence-corrected chi connectivity index (χ3v) is 2.67. The van der Waals surface area contributed by atoms with E-state index in [2.05, 4.69) is 11.4 Å². The van der Waals surface area contributed by atoms with Gasteiger partial charge in [-0.2, -0.15) is 0 Å². The van der Waals surface area contributed by atoms with E-state index in [9.17, 15) is 0 Å². The van der Waals surface area contributed by atoms with Gasteiger partial charge in [-0.3, -0.25) is 0 Å². The predicted octanol–water partition coefficient (Wildman–Crippen LogP) is 2.38. The van der Waals surface area contributed by atoms with Crippen molar-refractivity contribution in [3.63, 3.8) is 0 Å². The SMILES string of the molecule is CNC1CCOc2c(Cl)cccc21. The van der Waals surface area contributed by atoms with E-state index in [4.69, 9.17) is 16.3 Å². The van der Waals surface area contributed by atoms with Crippen LogP contribution in [0.1, 0.15) is 18.0 Å². The first-order valence-corrected chi connectivity index (χ1v) is 4.79. The molecule has 0 bridgehead atoms. The average Bonchev–Trinajstić information content (AvgIpc) is 2.18. The third-order valence-electron chi connectivity index (χ3n) is 2.37. The molecule has 0 saturated carbocycles. The van der Waals surface area contributed by atoms with Gasteiger partial charge in [0.05, 0.1) is 11.6 Å². The van der Waals surface area contributed by atoms with Crippen molar-refractivity contribution in [2.45, 2.75) is 12.5 Å². The molecule has 13 heavy (non-hydrogen) atoms. The zero-order valence-corrected chi connectivity index (χ0v) is 8.27. The molecule has 2 rings (SSSR count). The van der Waals surface area contributed by atoms with E-state index in [0.717, 1.165) is 18.8 Å². The van der Waals surface area contributed by atoms with Crippen LogP contribution >= 0.6 is 11.6 Å². The first-order valence-electron chi connectivity index (χ1n) is 4.41. The topological polar surface area (TPSA) is 21.3 Å². The van der Waals surface area contributed by atoms with Crippen LogP contribution in [0.25, 0.3) is 0 Å². The maximum Gasteiger partial charge on any atom is 0.142 e.